The van der Waals surface area contributed by atoms with Gasteiger partial charge in [-0.15, -0.1) is 0 Å². The van der Waals surface area contributed by atoms with E-state index >= 15 is 0 Å². The van der Waals surface area contributed by atoms with Crippen molar-refractivity contribution >= 4 is 40.5 Å². The van der Waals surface area contributed by atoms with E-state index in [0.717, 1.165) is 5.69 Å². The van der Waals surface area contributed by atoms with Crippen LogP contribution in [0.2, 0.25) is 10.0 Å². The van der Waals surface area contributed by atoms with E-state index in [9.17, 15) is 4.79 Å². The van der Waals surface area contributed by atoms with Crippen molar-refractivity contribution in [3.05, 3.63) is 58.6 Å². The van der Waals surface area contributed by atoms with Crippen LogP contribution in [0, 0.1) is 0 Å². The van der Waals surface area contributed by atoms with Gasteiger partial charge in [0.2, 0.25) is 5.91 Å². The molecule has 0 radical (unpaired) electrons. The number of halogens is 2. The van der Waals surface area contributed by atoms with Crippen LogP contribution in [0.3, 0.4) is 0 Å². The minimum Gasteiger partial charge on any atom is -0.376 e. The van der Waals surface area contributed by atoms with E-state index in [2.05, 4.69) is 10.6 Å². The Labute approximate surface area is 121 Å². The van der Waals surface area contributed by atoms with Crippen LogP contribution in [-0.4, -0.2) is 12.5 Å². The molecule has 2 aromatic rings. The molecular weight excluding hydrogens is 283 g/mol. The minimum atomic E-state index is -0.173. The number of anilines is 2. The molecule has 3 nitrogen and oxygen atoms in total. The summed E-state index contributed by atoms with van der Waals surface area (Å²) >= 11 is 11.8. The number of para-hydroxylation sites is 1. The molecule has 0 aliphatic heterocycles. The first kappa shape index (κ1) is 13.7. The number of benzene rings is 2. The summed E-state index contributed by atoms with van der Waals surface area (Å²) in [6, 6.07) is 14.4. The number of hydrogen-bond donors (Lipinski definition) is 2. The second kappa shape index (κ2) is 6.45. The largest absolute Gasteiger partial charge is 0.376 e. The van der Waals surface area contributed by atoms with Crippen molar-refractivity contribution in [3.63, 3.8) is 0 Å². The normalized spacial score (nSPS) is 10.0. The Morgan fingerprint density at radius 3 is 2.47 bits per heavy atom. The average molecular weight is 295 g/mol. The monoisotopic (exact) mass is 294 g/mol. The summed E-state index contributed by atoms with van der Waals surface area (Å²) in [7, 11) is 0. The summed E-state index contributed by atoms with van der Waals surface area (Å²) in [5.74, 6) is -0.173. The Bertz CT molecular complexity index is 573. The molecule has 0 saturated heterocycles. The number of nitrogens with one attached hydrogen (secondary N) is 2. The third kappa shape index (κ3) is 4.16. The molecule has 0 unspecified atom stereocenters. The van der Waals surface area contributed by atoms with Crippen molar-refractivity contribution in [2.75, 3.05) is 17.2 Å². The van der Waals surface area contributed by atoms with Gasteiger partial charge in [0.1, 0.15) is 0 Å². The van der Waals surface area contributed by atoms with Gasteiger partial charge in [-0.1, -0.05) is 41.4 Å². The molecule has 0 spiro atoms. The summed E-state index contributed by atoms with van der Waals surface area (Å²) in [5.41, 5.74) is 1.44. The summed E-state index contributed by atoms with van der Waals surface area (Å²) in [6.07, 6.45) is 0. The van der Waals surface area contributed by atoms with Crippen molar-refractivity contribution < 1.29 is 4.79 Å². The van der Waals surface area contributed by atoms with Gasteiger partial charge in [-0.2, -0.15) is 0 Å². The smallest absolute Gasteiger partial charge is 0.243 e. The molecule has 0 saturated carbocycles. The van der Waals surface area contributed by atoms with Crippen LogP contribution in [0.25, 0.3) is 0 Å². The third-order valence-electron chi connectivity index (χ3n) is 2.43. The van der Waals surface area contributed by atoms with E-state index in [0.29, 0.717) is 15.7 Å². The maximum atomic E-state index is 11.8. The summed E-state index contributed by atoms with van der Waals surface area (Å²) < 4.78 is 0. The first-order valence-corrected chi connectivity index (χ1v) is 6.44. The molecule has 0 aliphatic rings. The molecule has 0 aromatic heterocycles. The molecule has 2 rings (SSSR count). The fourth-order valence-electron chi connectivity index (χ4n) is 1.52. The highest BCUT2D eigenvalue weighted by Crippen LogP contribution is 2.25. The Hall–Kier alpha value is -1.71. The molecule has 2 aromatic carbocycles. The number of rotatable bonds is 4. The van der Waals surface area contributed by atoms with Crippen LogP contribution >= 0.6 is 23.2 Å². The molecule has 2 N–H and O–H groups in total. The summed E-state index contributed by atoms with van der Waals surface area (Å²) in [5, 5.41) is 6.68. The van der Waals surface area contributed by atoms with Crippen LogP contribution in [0.5, 0.6) is 0 Å². The predicted octanol–water partition coefficient (Wildman–Crippen LogP) is 4.04. The van der Waals surface area contributed by atoms with Crippen molar-refractivity contribution in [1.29, 1.82) is 0 Å². The zero-order chi connectivity index (χ0) is 13.7. The molecule has 0 atom stereocenters. The Morgan fingerprint density at radius 1 is 1.05 bits per heavy atom. The molecule has 0 aliphatic carbocycles. The quantitative estimate of drug-likeness (QED) is 0.893. The second-order valence-corrected chi connectivity index (χ2v) is 4.74. The molecule has 19 heavy (non-hydrogen) atoms. The fourth-order valence-corrected chi connectivity index (χ4v) is 1.98. The average Bonchev–Trinajstić information content (AvgIpc) is 2.41. The Kier molecular flexibility index (Phi) is 4.66. The zero-order valence-corrected chi connectivity index (χ0v) is 11.5. The van der Waals surface area contributed by atoms with Crippen LogP contribution in [0.15, 0.2) is 48.5 Å². The van der Waals surface area contributed by atoms with E-state index in [1.165, 1.54) is 0 Å². The van der Waals surface area contributed by atoms with Crippen molar-refractivity contribution in [3.8, 4) is 0 Å². The molecule has 1 amide bonds. The van der Waals surface area contributed by atoms with Crippen molar-refractivity contribution in [2.45, 2.75) is 0 Å². The predicted molar refractivity (Wildman–Crippen MR) is 80.0 cm³/mol. The number of carbonyl (C=O) groups excluding carboxylic acids is 1. The lowest BCUT2D eigenvalue weighted by atomic mass is 10.3. The lowest BCUT2D eigenvalue weighted by Crippen LogP contribution is -2.21. The molecule has 5 heteroatoms. The van der Waals surface area contributed by atoms with Gasteiger partial charge in [0.15, 0.2) is 0 Å². The number of hydrogen-bond acceptors (Lipinski definition) is 2. The molecule has 0 heterocycles. The maximum Gasteiger partial charge on any atom is 0.243 e. The van der Waals surface area contributed by atoms with Gasteiger partial charge >= 0.3 is 0 Å². The van der Waals surface area contributed by atoms with Crippen molar-refractivity contribution in [1.82, 2.24) is 0 Å². The number of amides is 1. The Morgan fingerprint density at radius 2 is 1.79 bits per heavy atom. The van der Waals surface area contributed by atoms with Crippen LogP contribution < -0.4 is 10.6 Å². The fraction of sp³-hybridized carbons (Fsp3) is 0.0714. The van der Waals surface area contributed by atoms with Crippen LogP contribution in [-0.2, 0) is 4.79 Å². The van der Waals surface area contributed by atoms with E-state index in [4.69, 9.17) is 23.2 Å². The van der Waals surface area contributed by atoms with Gasteiger partial charge < -0.3 is 10.6 Å². The molecule has 0 bridgehead atoms. The lowest BCUT2D eigenvalue weighted by molar-refractivity contribution is -0.114. The second-order valence-electron chi connectivity index (χ2n) is 3.89. The van der Waals surface area contributed by atoms with Crippen LogP contribution in [0.1, 0.15) is 0 Å². The first-order chi connectivity index (χ1) is 9.15. The van der Waals surface area contributed by atoms with Crippen LogP contribution in [0.4, 0.5) is 11.4 Å². The van der Waals surface area contributed by atoms with Gasteiger partial charge in [0, 0.05) is 10.7 Å². The topological polar surface area (TPSA) is 41.1 Å². The molecule has 0 fully saturated rings. The van der Waals surface area contributed by atoms with Gasteiger partial charge in [0.05, 0.1) is 17.3 Å². The molecular formula is C14H12Cl2N2O. The van der Waals surface area contributed by atoms with Gasteiger partial charge in [-0.25, -0.2) is 0 Å². The van der Waals surface area contributed by atoms with E-state index < -0.39 is 0 Å². The summed E-state index contributed by atoms with van der Waals surface area (Å²) in [6.45, 7) is 0.170. The SMILES string of the molecule is O=C(CNc1ccccc1)Nc1ccc(Cl)cc1Cl. The standard InChI is InChI=1S/C14H12Cl2N2O/c15-10-6-7-13(12(16)8-10)18-14(19)9-17-11-4-2-1-3-5-11/h1-8,17H,9H2,(H,18,19). The zero-order valence-electron chi connectivity index (χ0n) is 9.99. The summed E-state index contributed by atoms with van der Waals surface area (Å²) in [4.78, 5) is 11.8. The van der Waals surface area contributed by atoms with Gasteiger partial charge in [0.25, 0.3) is 0 Å². The third-order valence-corrected chi connectivity index (χ3v) is 2.98. The Balaban J connectivity index is 1.91. The highest BCUT2D eigenvalue weighted by Gasteiger charge is 2.06. The maximum absolute atomic E-state index is 11.8. The molecule has 98 valence electrons. The highest BCUT2D eigenvalue weighted by molar-refractivity contribution is 6.36. The van der Waals surface area contributed by atoms with E-state index in [-0.39, 0.29) is 12.5 Å². The number of carbonyl (C=O) groups is 1. The van der Waals surface area contributed by atoms with Gasteiger partial charge in [-0.05, 0) is 30.3 Å². The minimum absolute atomic E-state index is 0.170. The lowest BCUT2D eigenvalue weighted by Gasteiger charge is -2.09. The highest BCUT2D eigenvalue weighted by atomic mass is 35.5. The first-order valence-electron chi connectivity index (χ1n) is 5.69. The van der Waals surface area contributed by atoms with E-state index in [1.807, 2.05) is 30.3 Å². The van der Waals surface area contributed by atoms with E-state index in [1.54, 1.807) is 18.2 Å². The van der Waals surface area contributed by atoms with Gasteiger partial charge in [-0.3, -0.25) is 4.79 Å². The van der Waals surface area contributed by atoms with Crippen molar-refractivity contribution in [2.24, 2.45) is 0 Å².